The second-order valence-electron chi connectivity index (χ2n) is 9.14. The normalized spacial score (nSPS) is 17.5. The number of para-hydroxylation sites is 3. The Labute approximate surface area is 216 Å². The van der Waals surface area contributed by atoms with E-state index < -0.39 is 17.8 Å². The van der Waals surface area contributed by atoms with Crippen molar-refractivity contribution in [2.75, 3.05) is 37.7 Å². The number of benzene rings is 3. The molecule has 1 fully saturated rings. The molecule has 1 amide bonds. The Kier molecular flexibility index (Phi) is 6.01. The van der Waals surface area contributed by atoms with Crippen LogP contribution in [0, 0.1) is 0 Å². The van der Waals surface area contributed by atoms with Gasteiger partial charge in [0.25, 0.3) is 5.91 Å². The lowest BCUT2D eigenvalue weighted by Gasteiger charge is -2.38. The summed E-state index contributed by atoms with van der Waals surface area (Å²) in [5.41, 5.74) is 0.169. The summed E-state index contributed by atoms with van der Waals surface area (Å²) < 4.78 is 51.5. The molecule has 1 atom stereocenters. The summed E-state index contributed by atoms with van der Waals surface area (Å²) in [5.74, 6) is 1.87. The van der Waals surface area contributed by atoms with Gasteiger partial charge in [-0.1, -0.05) is 36.4 Å². The third-order valence-electron chi connectivity index (χ3n) is 6.71. The fourth-order valence-corrected chi connectivity index (χ4v) is 4.75. The van der Waals surface area contributed by atoms with Crippen LogP contribution in [0.4, 0.5) is 19.0 Å². The third kappa shape index (κ3) is 4.57. The molecule has 0 radical (unpaired) electrons. The summed E-state index contributed by atoms with van der Waals surface area (Å²) in [6, 6.07) is 19.7. The van der Waals surface area contributed by atoms with Gasteiger partial charge < -0.3 is 19.3 Å². The van der Waals surface area contributed by atoms with E-state index in [2.05, 4.69) is 4.98 Å². The molecular formula is C28H23F3N4O3. The molecule has 0 N–H and O–H groups in total. The summed E-state index contributed by atoms with van der Waals surface area (Å²) in [7, 11) is 0. The van der Waals surface area contributed by atoms with Crippen LogP contribution in [0.15, 0.2) is 72.8 Å². The van der Waals surface area contributed by atoms with Crippen molar-refractivity contribution in [1.29, 1.82) is 0 Å². The van der Waals surface area contributed by atoms with Gasteiger partial charge in [-0.2, -0.15) is 13.2 Å². The van der Waals surface area contributed by atoms with Gasteiger partial charge in [0.2, 0.25) is 6.10 Å². The van der Waals surface area contributed by atoms with E-state index in [1.165, 1.54) is 6.07 Å². The molecule has 1 unspecified atom stereocenters. The number of ether oxygens (including phenoxy) is 2. The zero-order valence-electron chi connectivity index (χ0n) is 20.2. The van der Waals surface area contributed by atoms with E-state index in [0.717, 1.165) is 17.5 Å². The molecule has 194 valence electrons. The Morgan fingerprint density at radius 2 is 1.61 bits per heavy atom. The molecule has 0 spiro atoms. The molecule has 2 aliphatic rings. The van der Waals surface area contributed by atoms with Crippen LogP contribution < -0.4 is 14.4 Å². The highest BCUT2D eigenvalue weighted by atomic mass is 19.4. The van der Waals surface area contributed by atoms with E-state index >= 15 is 0 Å². The Bertz CT molecular complexity index is 1500. The first-order valence-electron chi connectivity index (χ1n) is 12.2. The zero-order valence-corrected chi connectivity index (χ0v) is 20.2. The van der Waals surface area contributed by atoms with Crippen molar-refractivity contribution in [1.82, 2.24) is 14.9 Å². The summed E-state index contributed by atoms with van der Waals surface area (Å²) in [6.07, 6.45) is -5.18. The van der Waals surface area contributed by atoms with Gasteiger partial charge in [-0.15, -0.1) is 0 Å². The van der Waals surface area contributed by atoms with Crippen molar-refractivity contribution < 1.29 is 27.4 Å². The van der Waals surface area contributed by atoms with Crippen molar-refractivity contribution in [3.05, 3.63) is 78.4 Å². The van der Waals surface area contributed by atoms with Gasteiger partial charge >= 0.3 is 6.18 Å². The first kappa shape index (κ1) is 24.0. The maximum atomic E-state index is 13.3. The van der Waals surface area contributed by atoms with Gasteiger partial charge in [-0.25, -0.2) is 9.97 Å². The van der Waals surface area contributed by atoms with Crippen LogP contribution in [0.25, 0.3) is 22.3 Å². The van der Waals surface area contributed by atoms with E-state index in [1.54, 1.807) is 23.1 Å². The first-order chi connectivity index (χ1) is 18.4. The molecule has 7 nitrogen and oxygen atoms in total. The molecule has 1 saturated heterocycles. The average molecular weight is 521 g/mol. The average Bonchev–Trinajstić information content (AvgIpc) is 2.95. The van der Waals surface area contributed by atoms with Crippen LogP contribution in [0.3, 0.4) is 0 Å². The number of amides is 1. The van der Waals surface area contributed by atoms with Crippen LogP contribution in [0.1, 0.15) is 5.56 Å². The fourth-order valence-electron chi connectivity index (χ4n) is 4.75. The minimum atomic E-state index is -4.46. The number of piperazine rings is 1. The van der Waals surface area contributed by atoms with Crippen LogP contribution >= 0.6 is 0 Å². The molecule has 38 heavy (non-hydrogen) atoms. The van der Waals surface area contributed by atoms with E-state index in [1.807, 2.05) is 41.3 Å². The minimum Gasteiger partial charge on any atom is -0.485 e. The second kappa shape index (κ2) is 9.51. The number of carbonyl (C=O) groups excluding carboxylic acids is 1. The van der Waals surface area contributed by atoms with E-state index in [4.69, 9.17) is 14.5 Å². The maximum absolute atomic E-state index is 13.3. The van der Waals surface area contributed by atoms with E-state index in [-0.39, 0.29) is 23.9 Å². The third-order valence-corrected chi connectivity index (χ3v) is 6.71. The SMILES string of the molecule is O=C(C1COc2ccccc2O1)N1CCN(c2nc(-c3cccc(C(F)(F)F)c3)nc3ccccc23)CC1. The highest BCUT2D eigenvalue weighted by Gasteiger charge is 2.34. The Balaban J connectivity index is 1.23. The summed E-state index contributed by atoms with van der Waals surface area (Å²) in [6.45, 7) is 2.03. The number of anilines is 1. The Morgan fingerprint density at radius 3 is 2.39 bits per heavy atom. The van der Waals surface area contributed by atoms with Crippen LogP contribution in [-0.4, -0.2) is 59.7 Å². The van der Waals surface area contributed by atoms with Crippen molar-refractivity contribution >= 4 is 22.6 Å². The highest BCUT2D eigenvalue weighted by molar-refractivity contribution is 5.91. The van der Waals surface area contributed by atoms with Gasteiger partial charge in [-0.3, -0.25) is 4.79 Å². The molecule has 10 heteroatoms. The fraction of sp³-hybridized carbons (Fsp3) is 0.250. The molecule has 1 aromatic heterocycles. The minimum absolute atomic E-state index is 0.142. The molecule has 0 bridgehead atoms. The number of aromatic nitrogens is 2. The van der Waals surface area contributed by atoms with Gasteiger partial charge in [0.1, 0.15) is 12.4 Å². The summed E-state index contributed by atoms with van der Waals surface area (Å²) in [5, 5.41) is 0.795. The van der Waals surface area contributed by atoms with Gasteiger partial charge in [0, 0.05) is 37.1 Å². The summed E-state index contributed by atoms with van der Waals surface area (Å²) >= 11 is 0. The predicted octanol–water partition coefficient (Wildman–Crippen LogP) is 4.80. The number of nitrogens with zero attached hydrogens (tertiary/aromatic N) is 4. The van der Waals surface area contributed by atoms with Crippen LogP contribution in [0.2, 0.25) is 0 Å². The van der Waals surface area contributed by atoms with Gasteiger partial charge in [-0.05, 0) is 36.4 Å². The van der Waals surface area contributed by atoms with Gasteiger partial charge in [0.15, 0.2) is 17.3 Å². The van der Waals surface area contributed by atoms with E-state index in [9.17, 15) is 18.0 Å². The van der Waals surface area contributed by atoms with Crippen molar-refractivity contribution in [2.45, 2.75) is 12.3 Å². The standard InChI is InChI=1S/C28H23F3N4O3/c29-28(30,31)19-7-5-6-18(16-19)25-32-21-9-2-1-8-20(21)26(33-25)34-12-14-35(15-13-34)27(36)24-17-37-22-10-3-4-11-23(22)38-24/h1-11,16,24H,12-15,17H2. The predicted molar refractivity (Wildman–Crippen MR) is 135 cm³/mol. The molecule has 4 aromatic rings. The van der Waals surface area contributed by atoms with Crippen LogP contribution in [0.5, 0.6) is 11.5 Å². The monoisotopic (exact) mass is 520 g/mol. The lowest BCUT2D eigenvalue weighted by atomic mass is 10.1. The topological polar surface area (TPSA) is 67.8 Å². The summed E-state index contributed by atoms with van der Waals surface area (Å²) in [4.78, 5) is 26.2. The molecule has 2 aliphatic heterocycles. The van der Waals surface area contributed by atoms with Crippen molar-refractivity contribution in [2.24, 2.45) is 0 Å². The highest BCUT2D eigenvalue weighted by Crippen LogP contribution is 2.34. The Hall–Kier alpha value is -4.34. The second-order valence-corrected chi connectivity index (χ2v) is 9.14. The number of hydrogen-bond donors (Lipinski definition) is 0. The number of rotatable bonds is 3. The number of fused-ring (bicyclic) bond motifs is 2. The van der Waals surface area contributed by atoms with E-state index in [0.29, 0.717) is 49.0 Å². The maximum Gasteiger partial charge on any atom is 0.416 e. The van der Waals surface area contributed by atoms with Gasteiger partial charge in [0.05, 0.1) is 11.1 Å². The molecule has 3 aromatic carbocycles. The molecule has 0 aliphatic carbocycles. The zero-order chi connectivity index (χ0) is 26.3. The molecule has 3 heterocycles. The first-order valence-corrected chi connectivity index (χ1v) is 12.2. The lowest BCUT2D eigenvalue weighted by molar-refractivity contribution is -0.141. The molecule has 6 rings (SSSR count). The lowest BCUT2D eigenvalue weighted by Crippen LogP contribution is -2.54. The quantitative estimate of drug-likeness (QED) is 0.387. The van der Waals surface area contributed by atoms with Crippen molar-refractivity contribution in [3.8, 4) is 22.9 Å². The number of hydrogen-bond acceptors (Lipinski definition) is 6. The number of alkyl halides is 3. The van der Waals surface area contributed by atoms with Crippen LogP contribution in [-0.2, 0) is 11.0 Å². The van der Waals surface area contributed by atoms with Crippen molar-refractivity contribution in [3.63, 3.8) is 0 Å². The number of carbonyl (C=O) groups is 1. The molecular weight excluding hydrogens is 497 g/mol. The number of halogens is 3. The Morgan fingerprint density at radius 1 is 0.868 bits per heavy atom. The smallest absolute Gasteiger partial charge is 0.416 e. The largest absolute Gasteiger partial charge is 0.485 e. The molecule has 0 saturated carbocycles.